The number of amides is 1. The minimum Gasteiger partial charge on any atom is -0.497 e. The van der Waals surface area contributed by atoms with E-state index in [9.17, 15) is 4.79 Å². The molecule has 1 atom stereocenters. The average Bonchev–Trinajstić information content (AvgIpc) is 3.44. The third kappa shape index (κ3) is 3.20. The lowest BCUT2D eigenvalue weighted by Crippen LogP contribution is -2.42. The maximum Gasteiger partial charge on any atom is 0.246 e. The monoisotopic (exact) mass is 492 g/mol. The standard InChI is InChI=1S/C30H24N2O5/c1-34-21-10-8-19(9-11-21)22-6-4-7-24-28(22)30(29(33)32(24)17-20-5-2-3-12-31-20)18-37-25-16-27-26(15-23(25)30)35-13-14-36-27/h2-12,15-16H,13-14,17-18H2,1H3. The van der Waals surface area contributed by atoms with Crippen molar-refractivity contribution in [3.05, 3.63) is 95.8 Å². The molecule has 0 fully saturated rings. The molecule has 7 nitrogen and oxygen atoms in total. The topological polar surface area (TPSA) is 70.1 Å². The maximum absolute atomic E-state index is 14.5. The van der Waals surface area contributed by atoms with Gasteiger partial charge in [0.2, 0.25) is 5.91 Å². The van der Waals surface area contributed by atoms with Crippen LogP contribution in [0.3, 0.4) is 0 Å². The maximum atomic E-state index is 14.5. The Morgan fingerprint density at radius 3 is 2.49 bits per heavy atom. The molecule has 7 rings (SSSR count). The molecule has 3 aliphatic rings. The summed E-state index contributed by atoms with van der Waals surface area (Å²) in [5.41, 5.74) is 4.35. The number of ether oxygens (including phenoxy) is 4. The van der Waals surface area contributed by atoms with Crippen LogP contribution in [0.5, 0.6) is 23.0 Å². The van der Waals surface area contributed by atoms with Gasteiger partial charge < -0.3 is 23.8 Å². The van der Waals surface area contributed by atoms with Crippen molar-refractivity contribution >= 4 is 11.6 Å². The van der Waals surface area contributed by atoms with E-state index < -0.39 is 5.41 Å². The summed E-state index contributed by atoms with van der Waals surface area (Å²) >= 11 is 0. The highest BCUT2D eigenvalue weighted by atomic mass is 16.6. The van der Waals surface area contributed by atoms with Gasteiger partial charge >= 0.3 is 0 Å². The molecule has 0 bridgehead atoms. The quantitative estimate of drug-likeness (QED) is 0.409. The van der Waals surface area contributed by atoms with Crippen molar-refractivity contribution in [3.8, 4) is 34.1 Å². The number of fused-ring (bicyclic) bond motifs is 5. The van der Waals surface area contributed by atoms with Crippen LogP contribution in [0.4, 0.5) is 5.69 Å². The van der Waals surface area contributed by atoms with Crippen LogP contribution in [-0.4, -0.2) is 37.8 Å². The predicted octanol–water partition coefficient (Wildman–Crippen LogP) is 4.75. The van der Waals surface area contributed by atoms with Gasteiger partial charge in [0.15, 0.2) is 11.5 Å². The third-order valence-electron chi connectivity index (χ3n) is 7.37. The second-order valence-corrected chi connectivity index (χ2v) is 9.33. The summed E-state index contributed by atoms with van der Waals surface area (Å²) in [6, 6.07) is 23.5. The lowest BCUT2D eigenvalue weighted by atomic mass is 9.74. The average molecular weight is 493 g/mol. The third-order valence-corrected chi connectivity index (χ3v) is 7.37. The summed E-state index contributed by atoms with van der Waals surface area (Å²) < 4.78 is 23.3. The van der Waals surface area contributed by atoms with E-state index in [4.69, 9.17) is 18.9 Å². The predicted molar refractivity (Wildman–Crippen MR) is 138 cm³/mol. The summed E-state index contributed by atoms with van der Waals surface area (Å²) in [7, 11) is 1.65. The zero-order chi connectivity index (χ0) is 25.0. The van der Waals surface area contributed by atoms with Gasteiger partial charge in [0.1, 0.15) is 36.7 Å². The number of nitrogens with zero attached hydrogens (tertiary/aromatic N) is 2. The number of rotatable bonds is 4. The summed E-state index contributed by atoms with van der Waals surface area (Å²) in [6.07, 6.45) is 1.75. The van der Waals surface area contributed by atoms with Gasteiger partial charge in [-0.05, 0) is 47.5 Å². The molecule has 0 aliphatic carbocycles. The van der Waals surface area contributed by atoms with E-state index in [1.165, 1.54) is 0 Å². The smallest absolute Gasteiger partial charge is 0.246 e. The second-order valence-electron chi connectivity index (χ2n) is 9.33. The van der Waals surface area contributed by atoms with E-state index in [2.05, 4.69) is 11.1 Å². The van der Waals surface area contributed by atoms with Crippen LogP contribution >= 0.6 is 0 Å². The van der Waals surface area contributed by atoms with Crippen LogP contribution < -0.4 is 23.8 Å². The number of hydrogen-bond acceptors (Lipinski definition) is 6. The fraction of sp³-hybridized carbons (Fsp3) is 0.200. The Balaban J connectivity index is 1.45. The number of carbonyl (C=O) groups excluding carboxylic acids is 1. The van der Waals surface area contributed by atoms with Gasteiger partial charge in [-0.15, -0.1) is 0 Å². The van der Waals surface area contributed by atoms with E-state index >= 15 is 0 Å². The number of methoxy groups -OCH3 is 1. The van der Waals surface area contributed by atoms with Crippen molar-refractivity contribution < 1.29 is 23.7 Å². The molecular weight excluding hydrogens is 468 g/mol. The number of carbonyl (C=O) groups is 1. The first-order valence-corrected chi connectivity index (χ1v) is 12.3. The summed E-state index contributed by atoms with van der Waals surface area (Å²) in [4.78, 5) is 20.9. The normalized spacial score (nSPS) is 18.9. The highest BCUT2D eigenvalue weighted by molar-refractivity contribution is 6.13. The lowest BCUT2D eigenvalue weighted by Gasteiger charge is -2.25. The molecule has 1 amide bonds. The molecule has 7 heteroatoms. The molecular formula is C30H24N2O5. The molecule has 3 aromatic carbocycles. The molecule has 0 radical (unpaired) electrons. The Kier molecular flexibility index (Phi) is 4.86. The Hall–Kier alpha value is -4.52. The first-order valence-electron chi connectivity index (χ1n) is 12.3. The van der Waals surface area contributed by atoms with Crippen molar-refractivity contribution in [3.63, 3.8) is 0 Å². The zero-order valence-corrected chi connectivity index (χ0v) is 20.3. The number of hydrogen-bond donors (Lipinski definition) is 0. The number of pyridine rings is 1. The van der Waals surface area contributed by atoms with Crippen molar-refractivity contribution in [2.24, 2.45) is 0 Å². The van der Waals surface area contributed by atoms with Gasteiger partial charge in [-0.2, -0.15) is 0 Å². The van der Waals surface area contributed by atoms with E-state index in [0.29, 0.717) is 37.0 Å². The molecule has 0 N–H and O–H groups in total. The van der Waals surface area contributed by atoms with E-state index in [1.807, 2.05) is 71.6 Å². The van der Waals surface area contributed by atoms with Crippen molar-refractivity contribution in [1.82, 2.24) is 4.98 Å². The highest BCUT2D eigenvalue weighted by Gasteiger charge is 2.58. The minimum absolute atomic E-state index is 0.0375. The van der Waals surface area contributed by atoms with Crippen molar-refractivity contribution in [2.45, 2.75) is 12.0 Å². The van der Waals surface area contributed by atoms with Crippen molar-refractivity contribution in [1.29, 1.82) is 0 Å². The first-order chi connectivity index (χ1) is 18.2. The summed E-state index contributed by atoms with van der Waals surface area (Å²) in [5.74, 6) is 2.66. The van der Waals surface area contributed by atoms with Crippen LogP contribution in [0.15, 0.2) is 79.0 Å². The number of aromatic nitrogens is 1. The largest absolute Gasteiger partial charge is 0.497 e. The molecule has 0 saturated carbocycles. The SMILES string of the molecule is COc1ccc(-c2cccc3c2C2(COc4cc5c(cc42)OCCO5)C(=O)N3Cc2ccccn2)cc1. The van der Waals surface area contributed by atoms with Gasteiger partial charge in [0.05, 0.1) is 19.3 Å². The van der Waals surface area contributed by atoms with Crippen LogP contribution in [0.1, 0.15) is 16.8 Å². The Morgan fingerprint density at radius 1 is 0.919 bits per heavy atom. The highest BCUT2D eigenvalue weighted by Crippen LogP contribution is 2.57. The molecule has 4 aromatic rings. The lowest BCUT2D eigenvalue weighted by molar-refractivity contribution is -0.122. The Labute approximate surface area is 214 Å². The second kappa shape index (κ2) is 8.27. The number of anilines is 1. The van der Waals surface area contributed by atoms with Crippen LogP contribution in [0.2, 0.25) is 0 Å². The molecule has 1 spiro atoms. The van der Waals surface area contributed by atoms with Crippen LogP contribution in [0, 0.1) is 0 Å². The molecule has 0 saturated heterocycles. The first kappa shape index (κ1) is 21.7. The molecule has 184 valence electrons. The van der Waals surface area contributed by atoms with Crippen LogP contribution in [-0.2, 0) is 16.8 Å². The Bertz CT molecular complexity index is 1520. The zero-order valence-electron chi connectivity index (χ0n) is 20.3. The van der Waals surface area contributed by atoms with Gasteiger partial charge in [-0.25, -0.2) is 0 Å². The number of benzene rings is 3. The molecule has 37 heavy (non-hydrogen) atoms. The molecule has 4 heterocycles. The van der Waals surface area contributed by atoms with Gasteiger partial charge in [0, 0.05) is 29.1 Å². The fourth-order valence-corrected chi connectivity index (χ4v) is 5.65. The minimum atomic E-state index is -1.02. The van der Waals surface area contributed by atoms with Gasteiger partial charge in [-0.3, -0.25) is 9.78 Å². The fourth-order valence-electron chi connectivity index (χ4n) is 5.65. The van der Waals surface area contributed by atoms with Gasteiger partial charge in [-0.1, -0.05) is 30.3 Å². The molecule has 1 aromatic heterocycles. The van der Waals surface area contributed by atoms with E-state index in [0.717, 1.165) is 39.4 Å². The Morgan fingerprint density at radius 2 is 1.73 bits per heavy atom. The van der Waals surface area contributed by atoms with Crippen molar-refractivity contribution in [2.75, 3.05) is 31.8 Å². The van der Waals surface area contributed by atoms with Crippen LogP contribution in [0.25, 0.3) is 11.1 Å². The van der Waals surface area contributed by atoms with E-state index in [1.54, 1.807) is 13.3 Å². The summed E-state index contributed by atoms with van der Waals surface area (Å²) in [6.45, 7) is 1.51. The molecule has 3 aliphatic heterocycles. The van der Waals surface area contributed by atoms with Gasteiger partial charge in [0.25, 0.3) is 0 Å². The summed E-state index contributed by atoms with van der Waals surface area (Å²) in [5, 5.41) is 0. The molecule has 1 unspecified atom stereocenters. The van der Waals surface area contributed by atoms with E-state index in [-0.39, 0.29) is 12.5 Å².